The van der Waals surface area contributed by atoms with E-state index in [0.29, 0.717) is 31.0 Å². The lowest BCUT2D eigenvalue weighted by molar-refractivity contribution is -0.131. The van der Waals surface area contributed by atoms with Crippen molar-refractivity contribution in [2.45, 2.75) is 19.4 Å². The Bertz CT molecular complexity index is 611. The predicted molar refractivity (Wildman–Crippen MR) is 91.1 cm³/mol. The largest absolute Gasteiger partial charge is 0.493 e. The number of para-hydroxylation sites is 1. The summed E-state index contributed by atoms with van der Waals surface area (Å²) >= 11 is 0. The van der Waals surface area contributed by atoms with E-state index in [-0.39, 0.29) is 17.9 Å². The molecule has 6 nitrogen and oxygen atoms in total. The maximum atomic E-state index is 12.8. The minimum atomic E-state index is -0.0111. The SMILES string of the molecule is CCOc1ccccc1C(=O)N1CCN(C2CCN(C)C2=O)CC1. The first-order valence-corrected chi connectivity index (χ1v) is 8.62. The van der Waals surface area contributed by atoms with Crippen LogP contribution in [0, 0.1) is 0 Å². The number of hydrogen-bond donors (Lipinski definition) is 0. The van der Waals surface area contributed by atoms with Crippen LogP contribution < -0.4 is 4.74 Å². The Morgan fingerprint density at radius 1 is 1.17 bits per heavy atom. The second-order valence-electron chi connectivity index (χ2n) is 6.32. The van der Waals surface area contributed by atoms with E-state index >= 15 is 0 Å². The molecule has 2 aliphatic rings. The highest BCUT2D eigenvalue weighted by Gasteiger charge is 2.36. The minimum Gasteiger partial charge on any atom is -0.493 e. The molecule has 0 aromatic heterocycles. The topological polar surface area (TPSA) is 53.1 Å². The van der Waals surface area contributed by atoms with Gasteiger partial charge in [0.05, 0.1) is 18.2 Å². The standard InChI is InChI=1S/C18H25N3O3/c1-3-24-16-7-5-4-6-14(16)17(22)21-12-10-20(11-13-21)15-8-9-19(2)18(15)23/h4-7,15H,3,8-13H2,1-2H3. The van der Waals surface area contributed by atoms with E-state index in [1.165, 1.54) is 0 Å². The third kappa shape index (κ3) is 3.24. The molecule has 1 aromatic rings. The van der Waals surface area contributed by atoms with Gasteiger partial charge in [0.2, 0.25) is 5.91 Å². The van der Waals surface area contributed by atoms with E-state index in [2.05, 4.69) is 4.90 Å². The van der Waals surface area contributed by atoms with E-state index < -0.39 is 0 Å². The third-order valence-electron chi connectivity index (χ3n) is 4.86. The van der Waals surface area contributed by atoms with Gasteiger partial charge in [-0.2, -0.15) is 0 Å². The second-order valence-corrected chi connectivity index (χ2v) is 6.32. The van der Waals surface area contributed by atoms with Gasteiger partial charge in [-0.05, 0) is 25.5 Å². The average Bonchev–Trinajstić information content (AvgIpc) is 2.94. The van der Waals surface area contributed by atoms with Crippen LogP contribution in [0.5, 0.6) is 5.75 Å². The Morgan fingerprint density at radius 3 is 2.50 bits per heavy atom. The first-order chi connectivity index (χ1) is 11.6. The maximum absolute atomic E-state index is 12.8. The number of carbonyl (C=O) groups is 2. The van der Waals surface area contributed by atoms with E-state index in [4.69, 9.17) is 4.74 Å². The summed E-state index contributed by atoms with van der Waals surface area (Å²) in [6.07, 6.45) is 0.885. The van der Waals surface area contributed by atoms with Gasteiger partial charge in [-0.1, -0.05) is 12.1 Å². The van der Waals surface area contributed by atoms with Gasteiger partial charge >= 0.3 is 0 Å². The van der Waals surface area contributed by atoms with Gasteiger partial charge in [-0.25, -0.2) is 0 Å². The minimum absolute atomic E-state index is 0.00793. The van der Waals surface area contributed by atoms with Gasteiger partial charge in [0.25, 0.3) is 5.91 Å². The average molecular weight is 331 g/mol. The fourth-order valence-electron chi connectivity index (χ4n) is 3.47. The summed E-state index contributed by atoms with van der Waals surface area (Å²) in [7, 11) is 1.85. The number of piperazine rings is 1. The number of ether oxygens (including phenoxy) is 1. The molecule has 130 valence electrons. The van der Waals surface area contributed by atoms with Crippen molar-refractivity contribution in [1.82, 2.24) is 14.7 Å². The number of carbonyl (C=O) groups excluding carboxylic acids is 2. The zero-order valence-corrected chi connectivity index (χ0v) is 14.4. The van der Waals surface area contributed by atoms with Crippen molar-refractivity contribution in [1.29, 1.82) is 0 Å². The highest BCUT2D eigenvalue weighted by Crippen LogP contribution is 2.22. The summed E-state index contributed by atoms with van der Waals surface area (Å²) in [6, 6.07) is 7.37. The summed E-state index contributed by atoms with van der Waals surface area (Å²) in [5.41, 5.74) is 0.615. The first kappa shape index (κ1) is 16.8. The van der Waals surface area contributed by atoms with Gasteiger partial charge < -0.3 is 14.5 Å². The Balaban J connectivity index is 1.63. The number of rotatable bonds is 4. The lowest BCUT2D eigenvalue weighted by Gasteiger charge is -2.37. The molecule has 2 saturated heterocycles. The normalized spacial score (nSPS) is 22.1. The molecule has 1 atom stereocenters. The maximum Gasteiger partial charge on any atom is 0.257 e. The van der Waals surface area contributed by atoms with Gasteiger partial charge in [0, 0.05) is 39.8 Å². The van der Waals surface area contributed by atoms with E-state index in [1.54, 1.807) is 4.90 Å². The number of benzene rings is 1. The van der Waals surface area contributed by atoms with Crippen LogP contribution in [0.3, 0.4) is 0 Å². The van der Waals surface area contributed by atoms with Gasteiger partial charge in [-0.15, -0.1) is 0 Å². The first-order valence-electron chi connectivity index (χ1n) is 8.62. The van der Waals surface area contributed by atoms with Crippen molar-refractivity contribution in [3.8, 4) is 5.75 Å². The number of amides is 2. The van der Waals surface area contributed by atoms with Crippen LogP contribution in [-0.2, 0) is 4.79 Å². The Hall–Kier alpha value is -2.08. The summed E-state index contributed by atoms with van der Waals surface area (Å²) < 4.78 is 5.57. The molecule has 1 unspecified atom stereocenters. The molecule has 6 heteroatoms. The number of hydrogen-bond acceptors (Lipinski definition) is 4. The fraction of sp³-hybridized carbons (Fsp3) is 0.556. The van der Waals surface area contributed by atoms with E-state index in [9.17, 15) is 9.59 Å². The van der Waals surface area contributed by atoms with Crippen LogP contribution in [0.1, 0.15) is 23.7 Å². The molecule has 0 aliphatic carbocycles. The molecule has 0 radical (unpaired) electrons. The Labute approximate surface area is 143 Å². The van der Waals surface area contributed by atoms with Crippen LogP contribution in [0.15, 0.2) is 24.3 Å². The molecule has 0 bridgehead atoms. The van der Waals surface area contributed by atoms with Crippen molar-refractivity contribution >= 4 is 11.8 Å². The third-order valence-corrected chi connectivity index (χ3v) is 4.86. The van der Waals surface area contributed by atoms with Crippen molar-refractivity contribution < 1.29 is 14.3 Å². The molecule has 2 aliphatic heterocycles. The van der Waals surface area contributed by atoms with Crippen molar-refractivity contribution in [3.63, 3.8) is 0 Å². The Morgan fingerprint density at radius 2 is 1.88 bits per heavy atom. The molecule has 0 N–H and O–H groups in total. The van der Waals surface area contributed by atoms with Crippen LogP contribution in [-0.4, -0.2) is 78.9 Å². The molecular weight excluding hydrogens is 306 g/mol. The lowest BCUT2D eigenvalue weighted by Crippen LogP contribution is -2.53. The molecule has 3 rings (SSSR count). The zero-order valence-electron chi connectivity index (χ0n) is 14.4. The molecule has 1 aromatic carbocycles. The fourth-order valence-corrected chi connectivity index (χ4v) is 3.47. The predicted octanol–water partition coefficient (Wildman–Crippen LogP) is 1.07. The van der Waals surface area contributed by atoms with E-state index in [0.717, 1.165) is 26.1 Å². The van der Waals surface area contributed by atoms with Crippen molar-refractivity contribution in [3.05, 3.63) is 29.8 Å². The van der Waals surface area contributed by atoms with Crippen LogP contribution in [0.4, 0.5) is 0 Å². The smallest absolute Gasteiger partial charge is 0.257 e. The summed E-state index contributed by atoms with van der Waals surface area (Å²) in [4.78, 5) is 30.8. The van der Waals surface area contributed by atoms with Crippen LogP contribution >= 0.6 is 0 Å². The molecule has 2 amide bonds. The van der Waals surface area contributed by atoms with Crippen molar-refractivity contribution in [2.75, 3.05) is 46.4 Å². The zero-order chi connectivity index (χ0) is 17.1. The molecule has 24 heavy (non-hydrogen) atoms. The number of likely N-dealkylation sites (N-methyl/N-ethyl adjacent to an activating group) is 1. The molecule has 0 spiro atoms. The molecular formula is C18H25N3O3. The highest BCUT2D eigenvalue weighted by molar-refractivity contribution is 5.97. The number of likely N-dealkylation sites (tertiary alicyclic amines) is 1. The van der Waals surface area contributed by atoms with Gasteiger partial charge in [0.1, 0.15) is 5.75 Å². The van der Waals surface area contributed by atoms with Crippen LogP contribution in [0.25, 0.3) is 0 Å². The molecule has 2 heterocycles. The Kier molecular flexibility index (Phi) is 5.04. The summed E-state index contributed by atoms with van der Waals surface area (Å²) in [6.45, 7) is 6.05. The molecule has 2 fully saturated rings. The lowest BCUT2D eigenvalue weighted by atomic mass is 10.1. The number of nitrogens with zero attached hydrogens (tertiary/aromatic N) is 3. The quantitative estimate of drug-likeness (QED) is 0.828. The van der Waals surface area contributed by atoms with Gasteiger partial charge in [0.15, 0.2) is 0 Å². The van der Waals surface area contributed by atoms with Gasteiger partial charge in [-0.3, -0.25) is 14.5 Å². The highest BCUT2D eigenvalue weighted by atomic mass is 16.5. The monoisotopic (exact) mass is 331 g/mol. The summed E-state index contributed by atoms with van der Waals surface area (Å²) in [5.74, 6) is 0.852. The van der Waals surface area contributed by atoms with Crippen LogP contribution in [0.2, 0.25) is 0 Å². The van der Waals surface area contributed by atoms with Crippen molar-refractivity contribution in [2.24, 2.45) is 0 Å². The molecule has 0 saturated carbocycles. The summed E-state index contributed by atoms with van der Waals surface area (Å²) in [5, 5.41) is 0. The second kappa shape index (κ2) is 7.21. The van der Waals surface area contributed by atoms with E-state index in [1.807, 2.05) is 43.1 Å².